The minimum atomic E-state index is -0.693. The molecule has 0 radical (unpaired) electrons. The number of hydrogen-bond donors (Lipinski definition) is 2. The van der Waals surface area contributed by atoms with Gasteiger partial charge in [0.05, 0.1) is 5.56 Å². The topological polar surface area (TPSA) is 84.0 Å². The van der Waals surface area contributed by atoms with E-state index >= 15 is 0 Å². The molecule has 0 spiro atoms. The van der Waals surface area contributed by atoms with Crippen LogP contribution in [0.5, 0.6) is 0 Å². The number of amides is 2. The lowest BCUT2D eigenvalue weighted by molar-refractivity contribution is -0.123. The highest BCUT2D eigenvalue weighted by molar-refractivity contribution is 5.97. The second kappa shape index (κ2) is 9.24. The molecule has 0 aliphatic carbocycles. The van der Waals surface area contributed by atoms with Gasteiger partial charge >= 0.3 is 0 Å². The summed E-state index contributed by atoms with van der Waals surface area (Å²) in [5, 5.41) is 5.69. The Balaban J connectivity index is 1.70. The van der Waals surface area contributed by atoms with Crippen LogP contribution in [-0.4, -0.2) is 27.8 Å². The third-order valence-corrected chi connectivity index (χ3v) is 4.04. The quantitative estimate of drug-likeness (QED) is 0.676. The van der Waals surface area contributed by atoms with Crippen LogP contribution in [0, 0.1) is 0 Å². The summed E-state index contributed by atoms with van der Waals surface area (Å²) in [7, 11) is 0. The first-order chi connectivity index (χ1) is 13.2. The van der Waals surface area contributed by atoms with Crippen molar-refractivity contribution in [1.29, 1.82) is 0 Å². The molecule has 27 heavy (non-hydrogen) atoms. The van der Waals surface area contributed by atoms with Crippen LogP contribution in [0.25, 0.3) is 0 Å². The zero-order chi connectivity index (χ0) is 18.9. The molecule has 0 saturated heterocycles. The molecule has 0 saturated carbocycles. The first-order valence-electron chi connectivity index (χ1n) is 8.64. The zero-order valence-electron chi connectivity index (χ0n) is 14.7. The summed E-state index contributed by atoms with van der Waals surface area (Å²) in [5.41, 5.74) is 2.32. The zero-order valence-corrected chi connectivity index (χ0v) is 14.7. The van der Waals surface area contributed by atoms with Gasteiger partial charge in [0.15, 0.2) is 0 Å². The molecule has 136 valence electrons. The van der Waals surface area contributed by atoms with Crippen molar-refractivity contribution >= 4 is 11.8 Å². The number of rotatable bonds is 7. The van der Waals surface area contributed by atoms with Crippen LogP contribution in [0.4, 0.5) is 0 Å². The molecule has 2 amide bonds. The Labute approximate surface area is 157 Å². The normalized spacial score (nSPS) is 11.4. The van der Waals surface area contributed by atoms with Crippen LogP contribution in [0.2, 0.25) is 0 Å². The van der Waals surface area contributed by atoms with Gasteiger partial charge in [0.2, 0.25) is 5.91 Å². The van der Waals surface area contributed by atoms with Crippen molar-refractivity contribution < 1.29 is 9.59 Å². The second-order valence-corrected chi connectivity index (χ2v) is 6.03. The predicted molar refractivity (Wildman–Crippen MR) is 102 cm³/mol. The number of hydrogen-bond acceptors (Lipinski definition) is 4. The summed E-state index contributed by atoms with van der Waals surface area (Å²) in [5.74, 6) is -0.573. The number of carbonyl (C=O) groups is 2. The maximum atomic E-state index is 12.7. The Bertz CT molecular complexity index is 870. The monoisotopic (exact) mass is 360 g/mol. The fourth-order valence-corrected chi connectivity index (χ4v) is 2.61. The summed E-state index contributed by atoms with van der Waals surface area (Å²) in [6, 6.07) is 15.9. The first kappa shape index (κ1) is 18.3. The first-order valence-corrected chi connectivity index (χ1v) is 8.64. The summed E-state index contributed by atoms with van der Waals surface area (Å²) < 4.78 is 0. The fraction of sp³-hybridized carbons (Fsp3) is 0.143. The van der Waals surface area contributed by atoms with Gasteiger partial charge in [-0.15, -0.1) is 0 Å². The predicted octanol–water partition coefficient (Wildman–Crippen LogP) is 2.13. The third-order valence-electron chi connectivity index (χ3n) is 4.04. The number of aromatic nitrogens is 2. The van der Waals surface area contributed by atoms with Gasteiger partial charge < -0.3 is 10.6 Å². The van der Waals surface area contributed by atoms with E-state index in [9.17, 15) is 9.59 Å². The minimum Gasteiger partial charge on any atom is -0.350 e. The van der Waals surface area contributed by atoms with E-state index in [0.717, 1.165) is 11.1 Å². The van der Waals surface area contributed by atoms with E-state index in [0.29, 0.717) is 18.5 Å². The lowest BCUT2D eigenvalue weighted by atomic mass is 10.0. The van der Waals surface area contributed by atoms with E-state index in [1.807, 2.05) is 42.5 Å². The van der Waals surface area contributed by atoms with Crippen molar-refractivity contribution in [3.05, 3.63) is 96.1 Å². The lowest BCUT2D eigenvalue weighted by Crippen LogP contribution is -2.47. The number of nitrogens with zero attached hydrogens (tertiary/aromatic N) is 2. The molecule has 0 bridgehead atoms. The summed E-state index contributed by atoms with van der Waals surface area (Å²) >= 11 is 0. The SMILES string of the molecule is O=C(N[C@H](Cc1ccccc1)C(=O)NCc1ccncc1)c1cccnc1. The van der Waals surface area contributed by atoms with Crippen molar-refractivity contribution in [1.82, 2.24) is 20.6 Å². The van der Waals surface area contributed by atoms with Crippen molar-refractivity contribution in [2.24, 2.45) is 0 Å². The van der Waals surface area contributed by atoms with Gasteiger partial charge in [-0.2, -0.15) is 0 Å². The molecule has 2 aromatic heterocycles. The lowest BCUT2D eigenvalue weighted by Gasteiger charge is -2.19. The average Bonchev–Trinajstić information content (AvgIpc) is 2.73. The van der Waals surface area contributed by atoms with Crippen molar-refractivity contribution in [3.63, 3.8) is 0 Å². The van der Waals surface area contributed by atoms with E-state index in [1.165, 1.54) is 6.20 Å². The highest BCUT2D eigenvalue weighted by Crippen LogP contribution is 2.06. The molecule has 1 aromatic carbocycles. The standard InChI is InChI=1S/C21H20N4O2/c26-20(18-7-4-10-23-15-18)25-19(13-16-5-2-1-3-6-16)21(27)24-14-17-8-11-22-12-9-17/h1-12,15,19H,13-14H2,(H,24,27)(H,25,26)/t19-/m1/s1. The maximum Gasteiger partial charge on any atom is 0.253 e. The van der Waals surface area contributed by atoms with E-state index in [4.69, 9.17) is 0 Å². The largest absolute Gasteiger partial charge is 0.350 e. The Morgan fingerprint density at radius 1 is 0.852 bits per heavy atom. The molecule has 0 aliphatic heterocycles. The maximum absolute atomic E-state index is 12.7. The van der Waals surface area contributed by atoms with Crippen molar-refractivity contribution in [2.75, 3.05) is 0 Å². The van der Waals surface area contributed by atoms with Gasteiger partial charge in [0.1, 0.15) is 6.04 Å². The molecule has 0 aliphatic rings. The Hall–Kier alpha value is -3.54. The third kappa shape index (κ3) is 5.47. The molecule has 6 heteroatoms. The molecular weight excluding hydrogens is 340 g/mol. The fourth-order valence-electron chi connectivity index (χ4n) is 2.61. The Morgan fingerprint density at radius 2 is 1.63 bits per heavy atom. The van der Waals surface area contributed by atoms with E-state index < -0.39 is 6.04 Å². The van der Waals surface area contributed by atoms with Crippen LogP contribution in [-0.2, 0) is 17.8 Å². The van der Waals surface area contributed by atoms with E-state index in [2.05, 4.69) is 20.6 Å². The smallest absolute Gasteiger partial charge is 0.253 e. The van der Waals surface area contributed by atoms with Gasteiger partial charge in [-0.05, 0) is 35.4 Å². The molecule has 0 unspecified atom stereocenters. The van der Waals surface area contributed by atoms with Crippen LogP contribution < -0.4 is 10.6 Å². The molecule has 3 rings (SSSR count). The van der Waals surface area contributed by atoms with Crippen LogP contribution >= 0.6 is 0 Å². The van der Waals surface area contributed by atoms with Crippen LogP contribution in [0.1, 0.15) is 21.5 Å². The molecule has 6 nitrogen and oxygen atoms in total. The van der Waals surface area contributed by atoms with Gasteiger partial charge in [-0.3, -0.25) is 19.6 Å². The molecule has 3 aromatic rings. The average molecular weight is 360 g/mol. The van der Waals surface area contributed by atoms with Crippen LogP contribution in [0.3, 0.4) is 0 Å². The van der Waals surface area contributed by atoms with E-state index in [-0.39, 0.29) is 11.8 Å². The summed E-state index contributed by atoms with van der Waals surface area (Å²) in [4.78, 5) is 33.1. The molecule has 0 fully saturated rings. The van der Waals surface area contributed by atoms with Gasteiger partial charge in [0.25, 0.3) is 5.91 Å². The Kier molecular flexibility index (Phi) is 6.25. The Morgan fingerprint density at radius 3 is 2.33 bits per heavy atom. The molecule has 1 atom stereocenters. The number of benzene rings is 1. The number of nitrogens with one attached hydrogen (secondary N) is 2. The van der Waals surface area contributed by atoms with Crippen molar-refractivity contribution in [2.45, 2.75) is 19.0 Å². The molecule has 2 heterocycles. The van der Waals surface area contributed by atoms with Gasteiger partial charge in [-0.25, -0.2) is 0 Å². The summed E-state index contributed by atoms with van der Waals surface area (Å²) in [6.45, 7) is 0.370. The highest BCUT2D eigenvalue weighted by Gasteiger charge is 2.21. The van der Waals surface area contributed by atoms with Gasteiger partial charge in [-0.1, -0.05) is 30.3 Å². The van der Waals surface area contributed by atoms with E-state index in [1.54, 1.807) is 30.7 Å². The molecular formula is C21H20N4O2. The second-order valence-electron chi connectivity index (χ2n) is 6.03. The highest BCUT2D eigenvalue weighted by atomic mass is 16.2. The molecule has 2 N–H and O–H groups in total. The summed E-state index contributed by atoms with van der Waals surface area (Å²) in [6.07, 6.45) is 6.82. The number of pyridine rings is 2. The van der Waals surface area contributed by atoms with Crippen molar-refractivity contribution in [3.8, 4) is 0 Å². The van der Waals surface area contributed by atoms with Crippen LogP contribution in [0.15, 0.2) is 79.4 Å². The van der Waals surface area contributed by atoms with Gasteiger partial charge in [0, 0.05) is 37.8 Å². The minimum absolute atomic E-state index is 0.243. The number of carbonyl (C=O) groups excluding carboxylic acids is 2.